The summed E-state index contributed by atoms with van der Waals surface area (Å²) < 4.78 is 24.0. The number of rotatable bonds is 13. The van der Waals surface area contributed by atoms with Gasteiger partial charge in [0.15, 0.2) is 0 Å². The molecule has 0 spiro atoms. The molecule has 196 valence electrons. The van der Waals surface area contributed by atoms with Gasteiger partial charge in [0.05, 0.1) is 25.4 Å². The molecule has 0 N–H and O–H groups in total. The van der Waals surface area contributed by atoms with Gasteiger partial charge in [-0.3, -0.25) is 0 Å². The number of carbonyl (C=O) groups excluding carboxylic acids is 1. The molecule has 0 fully saturated rings. The van der Waals surface area contributed by atoms with Gasteiger partial charge in [-0.2, -0.15) is 0 Å². The van der Waals surface area contributed by atoms with E-state index in [1.807, 2.05) is 48.5 Å². The third-order valence-electron chi connectivity index (χ3n) is 6.57. The number of unbranched alkanes of at least 4 members (excludes halogenated alkanes) is 3. The fraction of sp³-hybridized carbons (Fsp3) is 0.406. The van der Waals surface area contributed by atoms with Crippen molar-refractivity contribution < 1.29 is 23.7 Å². The number of ether oxygens (including phenoxy) is 4. The largest absolute Gasteiger partial charge is 0.493 e. The van der Waals surface area contributed by atoms with Crippen molar-refractivity contribution in [2.75, 3.05) is 19.8 Å². The van der Waals surface area contributed by atoms with Gasteiger partial charge in [0.25, 0.3) is 0 Å². The van der Waals surface area contributed by atoms with Crippen molar-refractivity contribution >= 4 is 5.97 Å². The van der Waals surface area contributed by atoms with E-state index >= 15 is 0 Å². The van der Waals surface area contributed by atoms with Crippen LogP contribution in [0.5, 0.6) is 23.0 Å². The molecule has 0 atom stereocenters. The van der Waals surface area contributed by atoms with E-state index in [9.17, 15) is 4.79 Å². The Morgan fingerprint density at radius 3 is 1.81 bits per heavy atom. The molecule has 0 aliphatic carbocycles. The zero-order valence-electron chi connectivity index (χ0n) is 22.3. The lowest BCUT2D eigenvalue weighted by Gasteiger charge is -2.30. The van der Waals surface area contributed by atoms with Gasteiger partial charge in [-0.1, -0.05) is 70.4 Å². The smallest absolute Gasteiger partial charge is 0.338 e. The Hall–Kier alpha value is -3.47. The molecule has 0 bridgehead atoms. The van der Waals surface area contributed by atoms with Gasteiger partial charge >= 0.3 is 5.97 Å². The van der Waals surface area contributed by atoms with E-state index < -0.39 is 0 Å². The van der Waals surface area contributed by atoms with Crippen LogP contribution >= 0.6 is 0 Å². The number of carbonyl (C=O) groups is 1. The van der Waals surface area contributed by atoms with Gasteiger partial charge in [-0.05, 0) is 43.0 Å². The van der Waals surface area contributed by atoms with Crippen LogP contribution in [0.3, 0.4) is 0 Å². The summed E-state index contributed by atoms with van der Waals surface area (Å²) in [6, 6.07) is 19.7. The molecule has 5 heteroatoms. The molecule has 0 unspecified atom stereocenters. The molecular formula is C32H38O5. The maximum Gasteiger partial charge on any atom is 0.338 e. The minimum atomic E-state index is -0.294. The number of fused-ring (bicyclic) bond motifs is 2. The van der Waals surface area contributed by atoms with Gasteiger partial charge in [-0.15, -0.1) is 0 Å². The summed E-state index contributed by atoms with van der Waals surface area (Å²) in [5.41, 5.74) is 3.45. The predicted molar refractivity (Wildman–Crippen MR) is 146 cm³/mol. The minimum absolute atomic E-state index is 0.192. The van der Waals surface area contributed by atoms with Crippen LogP contribution in [0.2, 0.25) is 0 Å². The van der Waals surface area contributed by atoms with Crippen molar-refractivity contribution in [3.8, 4) is 23.0 Å². The van der Waals surface area contributed by atoms with Crippen molar-refractivity contribution in [3.63, 3.8) is 0 Å². The number of benzene rings is 3. The molecule has 1 heterocycles. The van der Waals surface area contributed by atoms with Crippen LogP contribution < -0.4 is 14.2 Å². The van der Waals surface area contributed by atoms with Gasteiger partial charge in [0, 0.05) is 29.2 Å². The second kappa shape index (κ2) is 13.2. The number of hydrogen-bond donors (Lipinski definition) is 0. The van der Waals surface area contributed by atoms with Crippen molar-refractivity contribution in [1.82, 2.24) is 0 Å². The zero-order valence-corrected chi connectivity index (χ0v) is 22.3. The Morgan fingerprint density at radius 1 is 0.703 bits per heavy atom. The molecule has 4 rings (SSSR count). The lowest BCUT2D eigenvalue weighted by molar-refractivity contribution is 0.0498. The van der Waals surface area contributed by atoms with E-state index in [-0.39, 0.29) is 11.9 Å². The third-order valence-corrected chi connectivity index (χ3v) is 6.57. The van der Waals surface area contributed by atoms with Crippen molar-refractivity contribution in [1.29, 1.82) is 0 Å². The summed E-state index contributed by atoms with van der Waals surface area (Å²) in [5, 5.41) is 0. The molecule has 0 radical (unpaired) electrons. The fourth-order valence-corrected chi connectivity index (χ4v) is 4.47. The van der Waals surface area contributed by atoms with Crippen molar-refractivity contribution in [2.45, 2.75) is 65.2 Å². The Kier molecular flexibility index (Phi) is 9.47. The molecule has 5 nitrogen and oxygen atoms in total. The van der Waals surface area contributed by atoms with E-state index in [1.165, 1.54) is 0 Å². The summed E-state index contributed by atoms with van der Waals surface area (Å²) in [6.45, 7) is 8.12. The van der Waals surface area contributed by atoms with Crippen molar-refractivity contribution in [2.24, 2.45) is 0 Å². The highest BCUT2D eigenvalue weighted by Crippen LogP contribution is 2.50. The number of esters is 1. The maximum absolute atomic E-state index is 13.1. The Labute approximate surface area is 220 Å². The Bertz CT molecular complexity index is 1130. The topological polar surface area (TPSA) is 54.0 Å². The Morgan fingerprint density at radius 2 is 1.24 bits per heavy atom. The summed E-state index contributed by atoms with van der Waals surface area (Å²) in [7, 11) is 0. The molecule has 1 aliphatic heterocycles. The first-order valence-electron chi connectivity index (χ1n) is 13.6. The van der Waals surface area contributed by atoms with E-state index in [0.29, 0.717) is 25.4 Å². The second-order valence-corrected chi connectivity index (χ2v) is 9.42. The lowest BCUT2D eigenvalue weighted by atomic mass is 9.80. The van der Waals surface area contributed by atoms with Crippen LogP contribution in [-0.2, 0) is 4.74 Å². The standard InChI is InChI=1S/C32H38O5/c1-4-7-18-34-23-14-16-27-29(21-23)37-30-22-24(35-19-8-5-2)15-17-28(30)31(27)25-12-10-11-13-26(25)32(33)36-20-9-6-3/h10-17,21-22,31H,4-9,18-20H2,1-3H3. The summed E-state index contributed by atoms with van der Waals surface area (Å²) >= 11 is 0. The first-order valence-corrected chi connectivity index (χ1v) is 13.6. The van der Waals surface area contributed by atoms with Crippen molar-refractivity contribution in [3.05, 3.63) is 82.9 Å². The second-order valence-electron chi connectivity index (χ2n) is 9.42. The lowest BCUT2D eigenvalue weighted by Crippen LogP contribution is -2.17. The minimum Gasteiger partial charge on any atom is -0.493 e. The highest BCUT2D eigenvalue weighted by Gasteiger charge is 2.32. The van der Waals surface area contributed by atoms with Gasteiger partial charge < -0.3 is 18.9 Å². The highest BCUT2D eigenvalue weighted by molar-refractivity contribution is 5.92. The molecule has 3 aromatic carbocycles. The average Bonchev–Trinajstić information content (AvgIpc) is 2.92. The van der Waals surface area contributed by atoms with Gasteiger partial charge in [0.1, 0.15) is 23.0 Å². The van der Waals surface area contributed by atoms with Gasteiger partial charge in [-0.25, -0.2) is 4.79 Å². The monoisotopic (exact) mass is 502 g/mol. The first kappa shape index (κ1) is 26.6. The maximum atomic E-state index is 13.1. The van der Waals surface area contributed by atoms with Crippen LogP contribution in [-0.4, -0.2) is 25.8 Å². The predicted octanol–water partition coefficient (Wildman–Crippen LogP) is 8.29. The van der Waals surface area contributed by atoms with Crippen LogP contribution in [0.15, 0.2) is 60.7 Å². The van der Waals surface area contributed by atoms with Gasteiger partial charge in [0.2, 0.25) is 0 Å². The van der Waals surface area contributed by atoms with Crippen LogP contribution in [0, 0.1) is 0 Å². The molecule has 37 heavy (non-hydrogen) atoms. The number of hydrogen-bond acceptors (Lipinski definition) is 5. The molecule has 0 amide bonds. The molecule has 1 aliphatic rings. The van der Waals surface area contributed by atoms with E-state index in [2.05, 4.69) is 32.9 Å². The first-order chi connectivity index (χ1) is 18.2. The van der Waals surface area contributed by atoms with E-state index in [1.54, 1.807) is 0 Å². The van der Waals surface area contributed by atoms with Crippen LogP contribution in [0.1, 0.15) is 92.3 Å². The normalized spacial score (nSPS) is 12.3. The summed E-state index contributed by atoms with van der Waals surface area (Å²) in [6.07, 6.45) is 5.95. The SMILES string of the molecule is CCCCOC(=O)c1ccccc1C1c2ccc(OCCCC)cc2Oc2cc(OCCCC)ccc21. The Balaban J connectivity index is 1.75. The van der Waals surface area contributed by atoms with Crippen LogP contribution in [0.4, 0.5) is 0 Å². The van der Waals surface area contributed by atoms with Crippen LogP contribution in [0.25, 0.3) is 0 Å². The summed E-state index contributed by atoms with van der Waals surface area (Å²) in [4.78, 5) is 13.1. The quantitative estimate of drug-likeness (QED) is 0.136. The molecule has 0 saturated heterocycles. The average molecular weight is 503 g/mol. The highest BCUT2D eigenvalue weighted by atomic mass is 16.5. The van der Waals surface area contributed by atoms with E-state index in [4.69, 9.17) is 18.9 Å². The molecular weight excluding hydrogens is 464 g/mol. The fourth-order valence-electron chi connectivity index (χ4n) is 4.47. The molecule has 3 aromatic rings. The molecule has 0 aromatic heterocycles. The third kappa shape index (κ3) is 6.46. The zero-order chi connectivity index (χ0) is 26.0. The molecule has 0 saturated carbocycles. The summed E-state index contributed by atoms with van der Waals surface area (Å²) in [5.74, 6) is 2.52. The van der Waals surface area contributed by atoms with E-state index in [0.717, 1.165) is 78.2 Å².